The average molecular weight is 538 g/mol. The van der Waals surface area contributed by atoms with E-state index in [2.05, 4.69) is 63.5 Å². The number of hydrogen-bond acceptors (Lipinski definition) is 3. The summed E-state index contributed by atoms with van der Waals surface area (Å²) in [6, 6.07) is 0. The minimum absolute atomic E-state index is 0.0749. The van der Waals surface area contributed by atoms with Gasteiger partial charge in [-0.15, -0.1) is 0 Å². The van der Waals surface area contributed by atoms with Crippen LogP contribution in [0, 0.1) is 52.3 Å². The summed E-state index contributed by atoms with van der Waals surface area (Å²) in [4.78, 5) is 11.7. The van der Waals surface area contributed by atoms with Gasteiger partial charge >= 0.3 is 5.97 Å². The second-order valence-corrected chi connectivity index (χ2v) is 14.4. The summed E-state index contributed by atoms with van der Waals surface area (Å²) in [7, 11) is 0. The molecule has 0 aromatic heterocycles. The van der Waals surface area contributed by atoms with E-state index in [0.29, 0.717) is 29.1 Å². The van der Waals surface area contributed by atoms with E-state index in [0.717, 1.165) is 37.0 Å². The maximum Gasteiger partial charge on any atom is 0.302 e. The summed E-state index contributed by atoms with van der Waals surface area (Å²) in [5.74, 6) is 4.10. The number of allylic oxidation sites excluding steroid dienone is 1. The van der Waals surface area contributed by atoms with Crippen molar-refractivity contribution in [3.05, 3.63) is 11.6 Å². The van der Waals surface area contributed by atoms with Gasteiger partial charge in [-0.2, -0.15) is 0 Å². The molecule has 0 amide bonds. The highest BCUT2D eigenvalue weighted by Gasteiger charge is 2.60. The van der Waals surface area contributed by atoms with Crippen LogP contribution in [0.25, 0.3) is 0 Å². The quantitative estimate of drug-likeness (QED) is 0.216. The van der Waals surface area contributed by atoms with Gasteiger partial charge in [-0.1, -0.05) is 69.1 Å². The normalized spacial score (nSPS) is 43.1. The van der Waals surface area contributed by atoms with Crippen molar-refractivity contribution < 1.29 is 14.6 Å². The monoisotopic (exact) mass is 536 g/mol. The Morgan fingerprint density at radius 2 is 1.79 bits per heavy atom. The lowest BCUT2D eigenvalue weighted by molar-refractivity contribution is -0.148. The zero-order valence-corrected chi connectivity index (χ0v) is 24.2. The zero-order valence-electron chi connectivity index (χ0n) is 22.6. The number of carbonyl (C=O) groups excluding carboxylic acids is 1. The molecular weight excluding hydrogens is 488 g/mol. The third-order valence-corrected chi connectivity index (χ3v) is 12.9. The maximum atomic E-state index is 11.5. The molecule has 194 valence electrons. The molecule has 0 spiro atoms. The first kappa shape index (κ1) is 26.7. The van der Waals surface area contributed by atoms with E-state index in [1.807, 2.05) is 0 Å². The fourth-order valence-corrected chi connectivity index (χ4v) is 10.2. The number of hydrogen-bond donors (Lipinski definition) is 1. The summed E-state index contributed by atoms with van der Waals surface area (Å²) < 4.78 is 5.61. The number of carbonyl (C=O) groups is 1. The van der Waals surface area contributed by atoms with E-state index >= 15 is 0 Å². The van der Waals surface area contributed by atoms with E-state index in [4.69, 9.17) is 4.74 Å². The lowest BCUT2D eigenvalue weighted by atomic mass is 9.47. The summed E-state index contributed by atoms with van der Waals surface area (Å²) in [6.45, 7) is 15.7. The highest BCUT2D eigenvalue weighted by atomic mass is 79.9. The van der Waals surface area contributed by atoms with Gasteiger partial charge in [0.1, 0.15) is 6.10 Å². The van der Waals surface area contributed by atoms with Crippen molar-refractivity contribution >= 4 is 21.9 Å². The Balaban J connectivity index is 1.51. The number of alkyl halides is 1. The van der Waals surface area contributed by atoms with Gasteiger partial charge in [0.2, 0.25) is 0 Å². The van der Waals surface area contributed by atoms with Crippen LogP contribution in [0.4, 0.5) is 0 Å². The Bertz CT molecular complexity index is 792. The van der Waals surface area contributed by atoms with E-state index in [1.165, 1.54) is 39.0 Å². The van der Waals surface area contributed by atoms with Crippen LogP contribution in [-0.4, -0.2) is 28.1 Å². The molecule has 11 atom stereocenters. The third kappa shape index (κ3) is 4.46. The molecule has 0 unspecified atom stereocenters. The zero-order chi connectivity index (χ0) is 25.0. The highest BCUT2D eigenvalue weighted by molar-refractivity contribution is 9.09. The topological polar surface area (TPSA) is 46.5 Å². The third-order valence-electron chi connectivity index (χ3n) is 11.5. The smallest absolute Gasteiger partial charge is 0.302 e. The second-order valence-electron chi connectivity index (χ2n) is 13.4. The molecule has 3 fully saturated rings. The van der Waals surface area contributed by atoms with Gasteiger partial charge < -0.3 is 9.84 Å². The molecule has 34 heavy (non-hydrogen) atoms. The Morgan fingerprint density at radius 3 is 2.44 bits per heavy atom. The maximum absolute atomic E-state index is 11.5. The Hall–Kier alpha value is -0.350. The molecule has 0 saturated heterocycles. The lowest BCUT2D eigenvalue weighted by Crippen LogP contribution is -2.52. The number of aliphatic hydroxyl groups is 1. The number of fused-ring (bicyclic) bond motifs is 5. The summed E-state index contributed by atoms with van der Waals surface area (Å²) in [5, 5.41) is 11.4. The molecule has 0 aromatic carbocycles. The van der Waals surface area contributed by atoms with Crippen LogP contribution >= 0.6 is 15.9 Å². The van der Waals surface area contributed by atoms with Crippen molar-refractivity contribution in [2.45, 2.75) is 117 Å². The molecule has 1 N–H and O–H groups in total. The van der Waals surface area contributed by atoms with Gasteiger partial charge in [0, 0.05) is 18.2 Å². The highest BCUT2D eigenvalue weighted by Crippen LogP contribution is 2.67. The van der Waals surface area contributed by atoms with Gasteiger partial charge in [0.25, 0.3) is 0 Å². The van der Waals surface area contributed by atoms with Gasteiger partial charge in [0.05, 0.1) is 6.10 Å². The Labute approximate surface area is 217 Å². The van der Waals surface area contributed by atoms with Crippen LogP contribution in [0.1, 0.15) is 99.8 Å². The van der Waals surface area contributed by atoms with Gasteiger partial charge in [-0.25, -0.2) is 0 Å². The molecule has 0 heterocycles. The van der Waals surface area contributed by atoms with E-state index in [-0.39, 0.29) is 28.4 Å². The Kier molecular flexibility index (Phi) is 7.73. The first-order valence-electron chi connectivity index (χ1n) is 14.1. The Morgan fingerprint density at radius 1 is 1.09 bits per heavy atom. The molecule has 0 radical (unpaired) electrons. The summed E-state index contributed by atoms with van der Waals surface area (Å²) in [5.41, 5.74) is 2.18. The molecule has 4 aliphatic rings. The van der Waals surface area contributed by atoms with Gasteiger partial charge in [-0.05, 0) is 97.2 Å². The molecule has 3 nitrogen and oxygen atoms in total. The predicted octanol–water partition coefficient (Wildman–Crippen LogP) is 7.55. The molecule has 0 bridgehead atoms. The lowest BCUT2D eigenvalue weighted by Gasteiger charge is -2.58. The van der Waals surface area contributed by atoms with Gasteiger partial charge in [0.15, 0.2) is 0 Å². The number of ether oxygens (including phenoxy) is 1. The van der Waals surface area contributed by atoms with Crippen molar-refractivity contribution in [3.63, 3.8) is 0 Å². The molecular formula is C30H49BrO3. The van der Waals surface area contributed by atoms with Crippen molar-refractivity contribution in [1.29, 1.82) is 0 Å². The van der Waals surface area contributed by atoms with Crippen LogP contribution in [-0.2, 0) is 9.53 Å². The molecule has 3 saturated carbocycles. The predicted molar refractivity (Wildman–Crippen MR) is 143 cm³/mol. The van der Waals surface area contributed by atoms with Crippen molar-refractivity contribution in [2.24, 2.45) is 52.3 Å². The second kappa shape index (κ2) is 9.84. The van der Waals surface area contributed by atoms with Crippen LogP contribution in [0.15, 0.2) is 11.6 Å². The van der Waals surface area contributed by atoms with Crippen LogP contribution < -0.4 is 0 Å². The molecule has 4 aliphatic carbocycles. The minimum atomic E-state index is -0.289. The molecule has 4 heteroatoms. The molecule has 4 rings (SSSR count). The number of aliphatic hydroxyl groups excluding tert-OH is 1. The fraction of sp³-hybridized carbons (Fsp3) is 0.900. The summed E-state index contributed by atoms with van der Waals surface area (Å²) in [6.07, 6.45) is 11.8. The minimum Gasteiger partial charge on any atom is -0.462 e. The number of halogens is 1. The number of rotatable bonds is 6. The fourth-order valence-electron chi connectivity index (χ4n) is 9.07. The number of esters is 1. The van der Waals surface area contributed by atoms with Crippen LogP contribution in [0.2, 0.25) is 0 Å². The van der Waals surface area contributed by atoms with Gasteiger partial charge in [-0.3, -0.25) is 4.79 Å². The van der Waals surface area contributed by atoms with Crippen LogP contribution in [0.5, 0.6) is 0 Å². The van der Waals surface area contributed by atoms with Crippen molar-refractivity contribution in [1.82, 2.24) is 0 Å². The SMILES string of the molecule is CC(=O)O[C@H]1CC[C@@]2(C)C(=CC[C@H]3[C@@H]4CC[C@H]([C@H](C)[C@@H](O)[C@@H](Br)[C@H](C)C(C)C)[C@@]4(C)CC[C@@H]32)C1. The first-order chi connectivity index (χ1) is 15.9. The van der Waals surface area contributed by atoms with E-state index < -0.39 is 0 Å². The summed E-state index contributed by atoms with van der Waals surface area (Å²) >= 11 is 3.89. The van der Waals surface area contributed by atoms with E-state index in [9.17, 15) is 9.90 Å². The van der Waals surface area contributed by atoms with E-state index in [1.54, 1.807) is 5.57 Å². The average Bonchev–Trinajstić information content (AvgIpc) is 3.14. The first-order valence-corrected chi connectivity index (χ1v) is 15.0. The standard InChI is InChI=1S/C30H49BrO3/c1-17(2)18(3)27(31)28(33)19(4)24-10-11-25-23-9-8-21-16-22(34-20(5)32)12-14-29(21,6)26(23)13-15-30(24,25)7/h8,17-19,22-28,33H,9-16H2,1-7H3/t18-,19+,22+,23+,24-,25+,26+,27+,28-,29+,30-/m1/s1. The van der Waals surface area contributed by atoms with Crippen LogP contribution in [0.3, 0.4) is 0 Å². The molecule has 0 aliphatic heterocycles. The van der Waals surface area contributed by atoms with Crippen molar-refractivity contribution in [3.8, 4) is 0 Å². The largest absolute Gasteiger partial charge is 0.462 e. The molecule has 0 aromatic rings. The van der Waals surface area contributed by atoms with Crippen molar-refractivity contribution in [2.75, 3.05) is 0 Å².